The number of ether oxygens (including phenoxy) is 3. The zero-order valence-corrected chi connectivity index (χ0v) is 45.2. The summed E-state index contributed by atoms with van der Waals surface area (Å²) in [7, 11) is 0. The Kier molecular flexibility index (Phi) is 56.8. The van der Waals surface area contributed by atoms with Crippen LogP contribution in [0.4, 0.5) is 0 Å². The van der Waals surface area contributed by atoms with Crippen molar-refractivity contribution < 1.29 is 23.8 Å². The van der Waals surface area contributed by atoms with Gasteiger partial charge >= 0.3 is 11.9 Å². The quantitative estimate of drug-likeness (QED) is 0.0345. The van der Waals surface area contributed by atoms with Crippen LogP contribution in [0.2, 0.25) is 0 Å². The lowest BCUT2D eigenvalue weighted by atomic mass is 10.0. The first-order chi connectivity index (χ1) is 32.6. The van der Waals surface area contributed by atoms with E-state index in [1.165, 1.54) is 276 Å². The van der Waals surface area contributed by atoms with E-state index in [1.54, 1.807) is 0 Å². The zero-order valence-electron chi connectivity index (χ0n) is 45.2. The molecule has 0 radical (unpaired) electrons. The highest BCUT2D eigenvalue weighted by Gasteiger charge is 2.18. The van der Waals surface area contributed by atoms with Gasteiger partial charge in [-0.1, -0.05) is 296 Å². The molecule has 5 nitrogen and oxygen atoms in total. The Hall–Kier alpha value is -1.36. The topological polar surface area (TPSA) is 61.8 Å². The maximum absolute atomic E-state index is 12.9. The molecule has 0 saturated carbocycles. The molecular formula is C61H118O5. The number of hydrogen-bond donors (Lipinski definition) is 0. The van der Waals surface area contributed by atoms with Crippen LogP contribution >= 0.6 is 0 Å². The second-order valence-electron chi connectivity index (χ2n) is 20.6. The highest BCUT2D eigenvalue weighted by molar-refractivity contribution is 5.70. The van der Waals surface area contributed by atoms with Gasteiger partial charge in [-0.05, 0) is 44.9 Å². The van der Waals surface area contributed by atoms with E-state index in [9.17, 15) is 9.59 Å². The summed E-state index contributed by atoms with van der Waals surface area (Å²) >= 11 is 0. The molecule has 0 heterocycles. The Morgan fingerprint density at radius 3 is 0.924 bits per heavy atom. The minimum Gasteiger partial charge on any atom is -0.462 e. The molecule has 0 aromatic heterocycles. The molecule has 0 aliphatic carbocycles. The Balaban J connectivity index is 4.18. The Morgan fingerprint density at radius 1 is 0.318 bits per heavy atom. The van der Waals surface area contributed by atoms with Crippen molar-refractivity contribution in [3.05, 3.63) is 12.2 Å². The summed E-state index contributed by atoms with van der Waals surface area (Å²) in [6, 6.07) is 0. The van der Waals surface area contributed by atoms with Gasteiger partial charge in [0, 0.05) is 19.4 Å². The maximum atomic E-state index is 12.9. The Morgan fingerprint density at radius 2 is 0.591 bits per heavy atom. The van der Waals surface area contributed by atoms with Gasteiger partial charge in [0.2, 0.25) is 0 Å². The smallest absolute Gasteiger partial charge is 0.306 e. The van der Waals surface area contributed by atoms with Gasteiger partial charge in [0.25, 0.3) is 0 Å². The number of unbranched alkanes of at least 4 members (excludes halogenated alkanes) is 44. The van der Waals surface area contributed by atoms with Gasteiger partial charge in [0.05, 0.1) is 6.61 Å². The summed E-state index contributed by atoms with van der Waals surface area (Å²) in [5.74, 6) is -0.369. The van der Waals surface area contributed by atoms with Crippen LogP contribution in [0, 0.1) is 0 Å². The molecule has 5 heteroatoms. The second-order valence-corrected chi connectivity index (χ2v) is 20.6. The van der Waals surface area contributed by atoms with E-state index in [1.807, 2.05) is 0 Å². The van der Waals surface area contributed by atoms with Crippen molar-refractivity contribution in [2.45, 2.75) is 348 Å². The van der Waals surface area contributed by atoms with Crippen molar-refractivity contribution in [1.29, 1.82) is 0 Å². The first-order valence-electron chi connectivity index (χ1n) is 30.2. The van der Waals surface area contributed by atoms with Gasteiger partial charge in [-0.15, -0.1) is 0 Å². The standard InChI is InChI=1S/C61H118O5/c1-4-7-10-13-16-19-22-25-28-29-30-31-32-35-38-41-44-47-50-53-56-64-57-59(66-61(63)55-52-49-46-43-40-37-34-27-24-21-18-15-12-9-6-3)58-65-60(62)54-51-48-45-42-39-36-33-26-23-20-17-14-11-8-5-2/h25,28,59H,4-24,26-27,29-58H2,1-3H3/b28-25-. The molecule has 0 aliphatic heterocycles. The van der Waals surface area contributed by atoms with E-state index in [-0.39, 0.29) is 18.5 Å². The molecule has 1 unspecified atom stereocenters. The second kappa shape index (κ2) is 58.0. The molecule has 392 valence electrons. The lowest BCUT2D eigenvalue weighted by molar-refractivity contribution is -0.163. The lowest BCUT2D eigenvalue weighted by Gasteiger charge is -2.18. The van der Waals surface area contributed by atoms with Gasteiger partial charge in [0.1, 0.15) is 6.61 Å². The van der Waals surface area contributed by atoms with E-state index in [0.29, 0.717) is 26.1 Å². The molecule has 0 aromatic carbocycles. The monoisotopic (exact) mass is 931 g/mol. The molecule has 0 aliphatic rings. The van der Waals surface area contributed by atoms with Crippen LogP contribution < -0.4 is 0 Å². The van der Waals surface area contributed by atoms with Crippen LogP contribution in [0.1, 0.15) is 342 Å². The minimum atomic E-state index is -0.528. The first kappa shape index (κ1) is 64.6. The molecule has 66 heavy (non-hydrogen) atoms. The summed E-state index contributed by atoms with van der Waals surface area (Å²) in [6.07, 6.45) is 68.1. The number of esters is 2. The summed E-state index contributed by atoms with van der Waals surface area (Å²) in [5, 5.41) is 0. The van der Waals surface area contributed by atoms with Gasteiger partial charge in [0.15, 0.2) is 6.10 Å². The summed E-state index contributed by atoms with van der Waals surface area (Å²) in [6.45, 7) is 7.91. The van der Waals surface area contributed by atoms with Crippen molar-refractivity contribution in [3.8, 4) is 0 Å². The number of carbonyl (C=O) groups is 2. The predicted molar refractivity (Wildman–Crippen MR) is 289 cm³/mol. The Labute approximate surface area is 414 Å². The van der Waals surface area contributed by atoms with E-state index in [4.69, 9.17) is 14.2 Å². The molecule has 0 fully saturated rings. The number of rotatable bonds is 57. The van der Waals surface area contributed by atoms with Gasteiger partial charge in [-0.3, -0.25) is 9.59 Å². The van der Waals surface area contributed by atoms with E-state index >= 15 is 0 Å². The highest BCUT2D eigenvalue weighted by Crippen LogP contribution is 2.17. The number of hydrogen-bond acceptors (Lipinski definition) is 5. The molecule has 0 bridgehead atoms. The van der Waals surface area contributed by atoms with Crippen LogP contribution in [0.15, 0.2) is 12.2 Å². The van der Waals surface area contributed by atoms with Gasteiger partial charge in [-0.2, -0.15) is 0 Å². The minimum absolute atomic E-state index is 0.0954. The normalized spacial score (nSPS) is 12.1. The van der Waals surface area contributed by atoms with Crippen LogP contribution in [0.3, 0.4) is 0 Å². The van der Waals surface area contributed by atoms with Crippen LogP contribution in [0.5, 0.6) is 0 Å². The van der Waals surface area contributed by atoms with Crippen molar-refractivity contribution in [3.63, 3.8) is 0 Å². The molecule has 1 atom stereocenters. The third-order valence-electron chi connectivity index (χ3n) is 13.8. The van der Waals surface area contributed by atoms with Gasteiger partial charge in [-0.25, -0.2) is 0 Å². The molecular weight excluding hydrogens is 813 g/mol. The number of carbonyl (C=O) groups excluding carboxylic acids is 2. The Bertz CT molecular complexity index is 963. The summed E-state index contributed by atoms with van der Waals surface area (Å²) in [5.41, 5.74) is 0. The van der Waals surface area contributed by atoms with Gasteiger partial charge < -0.3 is 14.2 Å². The highest BCUT2D eigenvalue weighted by atomic mass is 16.6. The van der Waals surface area contributed by atoms with Crippen molar-refractivity contribution in [1.82, 2.24) is 0 Å². The molecule has 0 N–H and O–H groups in total. The molecule has 0 aromatic rings. The SMILES string of the molecule is CCCCCCCC/C=C\CCCCCCCCCCCCOCC(COC(=O)CCCCCCCCCCCCCCCCC)OC(=O)CCCCCCCCCCCCCCCCC. The largest absolute Gasteiger partial charge is 0.462 e. The van der Waals surface area contributed by atoms with E-state index in [0.717, 1.165) is 32.1 Å². The van der Waals surface area contributed by atoms with Crippen molar-refractivity contribution >= 4 is 11.9 Å². The average Bonchev–Trinajstić information content (AvgIpc) is 3.32. The van der Waals surface area contributed by atoms with Crippen LogP contribution in [-0.4, -0.2) is 37.9 Å². The summed E-state index contributed by atoms with van der Waals surface area (Å²) < 4.78 is 17.5. The van der Waals surface area contributed by atoms with E-state index < -0.39 is 6.10 Å². The average molecular weight is 932 g/mol. The third kappa shape index (κ3) is 55.2. The van der Waals surface area contributed by atoms with Crippen molar-refractivity contribution in [2.75, 3.05) is 19.8 Å². The molecule has 0 rings (SSSR count). The molecule has 0 amide bonds. The molecule has 0 saturated heterocycles. The third-order valence-corrected chi connectivity index (χ3v) is 13.8. The maximum Gasteiger partial charge on any atom is 0.306 e. The summed E-state index contributed by atoms with van der Waals surface area (Å²) in [4.78, 5) is 25.5. The van der Waals surface area contributed by atoms with E-state index in [2.05, 4.69) is 32.9 Å². The van der Waals surface area contributed by atoms with Crippen LogP contribution in [-0.2, 0) is 23.8 Å². The van der Waals surface area contributed by atoms with Crippen LogP contribution in [0.25, 0.3) is 0 Å². The predicted octanol–water partition coefficient (Wildman–Crippen LogP) is 20.6. The fraction of sp³-hybridized carbons (Fsp3) is 0.934. The van der Waals surface area contributed by atoms with Crippen molar-refractivity contribution in [2.24, 2.45) is 0 Å². The lowest BCUT2D eigenvalue weighted by Crippen LogP contribution is -2.30. The first-order valence-corrected chi connectivity index (χ1v) is 30.2. The molecule has 0 spiro atoms. The number of allylic oxidation sites excluding steroid dienone is 2. The fourth-order valence-electron chi connectivity index (χ4n) is 9.27. The fourth-order valence-corrected chi connectivity index (χ4v) is 9.27. The zero-order chi connectivity index (χ0) is 47.7.